The first-order valence-electron chi connectivity index (χ1n) is 9.96. The van der Waals surface area contributed by atoms with Gasteiger partial charge in [0.1, 0.15) is 17.2 Å². The standard InChI is InChI=1S/C25H21BrN2O6/c1-33-21-11-9-18(26)12-17(21)14-20(28-23(29)15-6-4-3-5-7-15)24(30)27-19-13-16(25(31)32)8-10-22(19)34-2/h3-14H,1-2H3,(H,27,30)(H,28,29)(H,31,32). The number of hydrogen-bond donors (Lipinski definition) is 3. The highest BCUT2D eigenvalue weighted by Crippen LogP contribution is 2.28. The van der Waals surface area contributed by atoms with Crippen molar-refractivity contribution in [1.29, 1.82) is 0 Å². The van der Waals surface area contributed by atoms with Crippen LogP contribution in [0.1, 0.15) is 26.3 Å². The van der Waals surface area contributed by atoms with Gasteiger partial charge in [0.05, 0.1) is 25.5 Å². The smallest absolute Gasteiger partial charge is 0.335 e. The third-order valence-electron chi connectivity index (χ3n) is 4.72. The van der Waals surface area contributed by atoms with E-state index in [1.807, 2.05) is 0 Å². The Labute approximate surface area is 204 Å². The number of halogens is 1. The van der Waals surface area contributed by atoms with Crippen molar-refractivity contribution >= 4 is 45.5 Å². The van der Waals surface area contributed by atoms with Crippen LogP contribution in [0.15, 0.2) is 76.9 Å². The lowest BCUT2D eigenvalue weighted by molar-refractivity contribution is -0.113. The largest absolute Gasteiger partial charge is 0.496 e. The van der Waals surface area contributed by atoms with Crippen LogP contribution >= 0.6 is 15.9 Å². The fourth-order valence-electron chi connectivity index (χ4n) is 3.04. The summed E-state index contributed by atoms with van der Waals surface area (Å²) in [4.78, 5) is 37.5. The van der Waals surface area contributed by atoms with Gasteiger partial charge in [-0.25, -0.2) is 4.79 Å². The highest BCUT2D eigenvalue weighted by atomic mass is 79.9. The topological polar surface area (TPSA) is 114 Å². The van der Waals surface area contributed by atoms with Gasteiger partial charge in [-0.1, -0.05) is 34.1 Å². The van der Waals surface area contributed by atoms with Crippen molar-refractivity contribution in [3.63, 3.8) is 0 Å². The monoisotopic (exact) mass is 524 g/mol. The molecule has 0 aliphatic heterocycles. The summed E-state index contributed by atoms with van der Waals surface area (Å²) < 4.78 is 11.4. The van der Waals surface area contributed by atoms with Crippen LogP contribution < -0.4 is 20.1 Å². The summed E-state index contributed by atoms with van der Waals surface area (Å²) in [6.45, 7) is 0. The van der Waals surface area contributed by atoms with Crippen LogP contribution in [0.4, 0.5) is 5.69 Å². The predicted octanol–water partition coefficient (Wildman–Crippen LogP) is 4.57. The summed E-state index contributed by atoms with van der Waals surface area (Å²) in [6, 6.07) is 17.7. The molecule has 0 unspecified atom stereocenters. The first kappa shape index (κ1) is 24.5. The molecule has 9 heteroatoms. The molecule has 2 amide bonds. The molecule has 3 aromatic carbocycles. The van der Waals surface area contributed by atoms with Crippen LogP contribution in [0, 0.1) is 0 Å². The van der Waals surface area contributed by atoms with Crippen LogP contribution in [0.3, 0.4) is 0 Å². The molecule has 0 bridgehead atoms. The zero-order valence-electron chi connectivity index (χ0n) is 18.3. The zero-order chi connectivity index (χ0) is 24.7. The van der Waals surface area contributed by atoms with Crippen molar-refractivity contribution in [2.24, 2.45) is 0 Å². The fourth-order valence-corrected chi connectivity index (χ4v) is 3.42. The number of rotatable bonds is 8. The molecule has 0 saturated heterocycles. The van der Waals surface area contributed by atoms with Crippen LogP contribution in [0.25, 0.3) is 6.08 Å². The Bertz CT molecular complexity index is 1260. The number of ether oxygens (including phenoxy) is 2. The highest BCUT2D eigenvalue weighted by molar-refractivity contribution is 9.10. The van der Waals surface area contributed by atoms with Crippen molar-refractivity contribution in [3.8, 4) is 11.5 Å². The van der Waals surface area contributed by atoms with E-state index in [4.69, 9.17) is 9.47 Å². The number of carbonyl (C=O) groups excluding carboxylic acids is 2. The average Bonchev–Trinajstić information content (AvgIpc) is 2.84. The molecule has 3 N–H and O–H groups in total. The highest BCUT2D eigenvalue weighted by Gasteiger charge is 2.18. The van der Waals surface area contributed by atoms with E-state index >= 15 is 0 Å². The van der Waals surface area contributed by atoms with Crippen molar-refractivity contribution in [3.05, 3.63) is 93.6 Å². The number of aromatic carboxylic acids is 1. The molecule has 0 heterocycles. The van der Waals surface area contributed by atoms with E-state index in [0.717, 1.165) is 4.47 Å². The van der Waals surface area contributed by atoms with Gasteiger partial charge < -0.3 is 25.2 Å². The van der Waals surface area contributed by atoms with E-state index in [1.54, 1.807) is 48.5 Å². The van der Waals surface area contributed by atoms with Crippen molar-refractivity contribution < 1.29 is 29.0 Å². The molecular weight excluding hydrogens is 504 g/mol. The quantitative estimate of drug-likeness (QED) is 0.372. The second-order valence-electron chi connectivity index (χ2n) is 6.94. The molecule has 0 saturated carbocycles. The molecule has 0 radical (unpaired) electrons. The van der Waals surface area contributed by atoms with Gasteiger partial charge in [-0.2, -0.15) is 0 Å². The summed E-state index contributed by atoms with van der Waals surface area (Å²) >= 11 is 3.39. The summed E-state index contributed by atoms with van der Waals surface area (Å²) in [6.07, 6.45) is 1.47. The Kier molecular flexibility index (Phi) is 8.05. The molecular formula is C25H21BrN2O6. The third kappa shape index (κ3) is 6.02. The molecule has 0 spiro atoms. The van der Waals surface area contributed by atoms with Gasteiger partial charge in [0.2, 0.25) is 0 Å². The predicted molar refractivity (Wildman–Crippen MR) is 131 cm³/mol. The summed E-state index contributed by atoms with van der Waals surface area (Å²) in [5.74, 6) is -1.61. The Morgan fingerprint density at radius 1 is 0.882 bits per heavy atom. The molecule has 3 rings (SSSR count). The van der Waals surface area contributed by atoms with Crippen molar-refractivity contribution in [2.75, 3.05) is 19.5 Å². The van der Waals surface area contributed by atoms with Gasteiger partial charge in [0.25, 0.3) is 11.8 Å². The van der Waals surface area contributed by atoms with Gasteiger partial charge in [-0.15, -0.1) is 0 Å². The van der Waals surface area contributed by atoms with Crippen LogP contribution in [0.2, 0.25) is 0 Å². The van der Waals surface area contributed by atoms with Crippen molar-refractivity contribution in [2.45, 2.75) is 0 Å². The van der Waals surface area contributed by atoms with Gasteiger partial charge in [-0.3, -0.25) is 9.59 Å². The van der Waals surface area contributed by atoms with Gasteiger partial charge in [-0.05, 0) is 54.6 Å². The second kappa shape index (κ2) is 11.2. The normalized spacial score (nSPS) is 10.9. The third-order valence-corrected chi connectivity index (χ3v) is 5.21. The Morgan fingerprint density at radius 3 is 2.21 bits per heavy atom. The molecule has 3 aromatic rings. The summed E-state index contributed by atoms with van der Waals surface area (Å²) in [5, 5.41) is 14.6. The molecule has 34 heavy (non-hydrogen) atoms. The fraction of sp³-hybridized carbons (Fsp3) is 0.0800. The Balaban J connectivity index is 2.02. The van der Waals surface area contributed by atoms with E-state index in [0.29, 0.717) is 16.9 Å². The molecule has 8 nitrogen and oxygen atoms in total. The van der Waals surface area contributed by atoms with E-state index in [1.165, 1.54) is 38.5 Å². The number of carbonyl (C=O) groups is 3. The number of anilines is 1. The number of methoxy groups -OCH3 is 2. The lowest BCUT2D eigenvalue weighted by Crippen LogP contribution is -2.31. The number of hydrogen-bond acceptors (Lipinski definition) is 5. The molecule has 0 aliphatic rings. The zero-order valence-corrected chi connectivity index (χ0v) is 19.9. The number of benzene rings is 3. The number of amides is 2. The minimum absolute atomic E-state index is 0.0383. The van der Waals surface area contributed by atoms with Crippen LogP contribution in [0.5, 0.6) is 11.5 Å². The number of carboxylic acids is 1. The second-order valence-corrected chi connectivity index (χ2v) is 7.85. The molecule has 0 aliphatic carbocycles. The van der Waals surface area contributed by atoms with Crippen LogP contribution in [-0.2, 0) is 4.79 Å². The first-order valence-corrected chi connectivity index (χ1v) is 10.8. The molecule has 0 aromatic heterocycles. The van der Waals surface area contributed by atoms with Crippen molar-refractivity contribution in [1.82, 2.24) is 5.32 Å². The average molecular weight is 525 g/mol. The van der Waals surface area contributed by atoms with Gasteiger partial charge in [0.15, 0.2) is 0 Å². The molecule has 0 atom stereocenters. The molecule has 174 valence electrons. The van der Waals surface area contributed by atoms with Gasteiger partial charge >= 0.3 is 5.97 Å². The minimum Gasteiger partial charge on any atom is -0.496 e. The lowest BCUT2D eigenvalue weighted by Gasteiger charge is -2.15. The Hall–Kier alpha value is -4.11. The van der Waals surface area contributed by atoms with E-state index in [-0.39, 0.29) is 22.7 Å². The maximum atomic E-state index is 13.3. The summed E-state index contributed by atoms with van der Waals surface area (Å²) in [5.41, 5.74) is 0.889. The Morgan fingerprint density at radius 2 is 1.56 bits per heavy atom. The molecule has 0 fully saturated rings. The summed E-state index contributed by atoms with van der Waals surface area (Å²) in [7, 11) is 2.89. The van der Waals surface area contributed by atoms with E-state index < -0.39 is 17.8 Å². The van der Waals surface area contributed by atoms with E-state index in [2.05, 4.69) is 26.6 Å². The SMILES string of the molecule is COc1ccc(Br)cc1C=C(NC(=O)c1ccccc1)C(=O)Nc1cc(C(=O)O)ccc1OC. The minimum atomic E-state index is -1.16. The maximum absolute atomic E-state index is 13.3. The number of carboxylic acid groups (broad SMARTS) is 1. The lowest BCUT2D eigenvalue weighted by atomic mass is 10.1. The maximum Gasteiger partial charge on any atom is 0.335 e. The number of nitrogens with one attached hydrogen (secondary N) is 2. The van der Waals surface area contributed by atoms with Crippen LogP contribution in [-0.4, -0.2) is 37.1 Å². The van der Waals surface area contributed by atoms with E-state index in [9.17, 15) is 19.5 Å². The van der Waals surface area contributed by atoms with Gasteiger partial charge in [0, 0.05) is 15.6 Å². The first-order chi connectivity index (χ1) is 16.3.